The molecule has 6 nitrogen and oxygen atoms in total. The molecule has 1 aromatic heterocycles. The van der Waals surface area contributed by atoms with E-state index in [9.17, 15) is 8.42 Å². The van der Waals surface area contributed by atoms with Crippen molar-refractivity contribution in [1.82, 2.24) is 18.5 Å². The second kappa shape index (κ2) is 7.78. The third-order valence-electron chi connectivity index (χ3n) is 4.80. The molecule has 2 heterocycles. The minimum Gasteiger partial charge on any atom is -0.296 e. The Morgan fingerprint density at radius 1 is 1.04 bits per heavy atom. The van der Waals surface area contributed by atoms with Gasteiger partial charge in [0.15, 0.2) is 0 Å². The maximum absolute atomic E-state index is 12.6. The molecule has 1 aliphatic rings. The van der Waals surface area contributed by atoms with Crippen LogP contribution in [0.25, 0.3) is 10.9 Å². The van der Waals surface area contributed by atoms with Crippen LogP contribution < -0.4 is 0 Å². The van der Waals surface area contributed by atoms with Crippen molar-refractivity contribution < 1.29 is 8.42 Å². The van der Waals surface area contributed by atoms with Gasteiger partial charge in [0.2, 0.25) is 0 Å². The number of aromatic nitrogens is 1. The van der Waals surface area contributed by atoms with Gasteiger partial charge >= 0.3 is 0 Å². The van der Waals surface area contributed by atoms with E-state index in [0.717, 1.165) is 30.5 Å². The van der Waals surface area contributed by atoms with Crippen molar-refractivity contribution in [3.05, 3.63) is 42.1 Å². The average molecular weight is 362 g/mol. The first-order valence-electron chi connectivity index (χ1n) is 8.86. The Hall–Kier alpha value is -1.54. The highest BCUT2D eigenvalue weighted by molar-refractivity contribution is 7.86. The molecule has 1 saturated heterocycles. The zero-order valence-corrected chi connectivity index (χ0v) is 15.7. The lowest BCUT2D eigenvalue weighted by molar-refractivity contribution is 0.175. The summed E-state index contributed by atoms with van der Waals surface area (Å²) in [5, 5.41) is 1.14. The summed E-state index contributed by atoms with van der Waals surface area (Å²) in [5.74, 6) is 0. The molecular weight excluding hydrogens is 336 g/mol. The Morgan fingerprint density at radius 2 is 1.72 bits per heavy atom. The molecule has 2 aromatic rings. The van der Waals surface area contributed by atoms with E-state index in [-0.39, 0.29) is 0 Å². The number of nitrogens with zero attached hydrogens (tertiary/aromatic N) is 4. The van der Waals surface area contributed by atoms with E-state index < -0.39 is 10.2 Å². The summed E-state index contributed by atoms with van der Waals surface area (Å²) in [6, 6.07) is 10.2. The SMILES string of the molecule is CCN(CC)S(=O)(=O)N1CCN(Cc2cccc3cccnc23)CC1. The van der Waals surface area contributed by atoms with Crippen molar-refractivity contribution in [3.63, 3.8) is 0 Å². The molecule has 1 aliphatic heterocycles. The molecule has 7 heteroatoms. The van der Waals surface area contributed by atoms with Crippen molar-refractivity contribution in [2.75, 3.05) is 39.3 Å². The number of hydrogen-bond donors (Lipinski definition) is 0. The monoisotopic (exact) mass is 362 g/mol. The molecule has 0 atom stereocenters. The van der Waals surface area contributed by atoms with E-state index in [0.29, 0.717) is 26.2 Å². The first-order chi connectivity index (χ1) is 12.1. The van der Waals surface area contributed by atoms with Crippen molar-refractivity contribution in [2.45, 2.75) is 20.4 Å². The standard InChI is InChI=1S/C18H26N4O2S/c1-3-21(4-2)25(23,24)22-13-11-20(12-14-22)15-17-8-5-7-16-9-6-10-19-18(16)17/h5-10H,3-4,11-15H2,1-2H3. The molecule has 25 heavy (non-hydrogen) atoms. The van der Waals surface area contributed by atoms with E-state index in [1.165, 1.54) is 9.87 Å². The molecule has 0 radical (unpaired) electrons. The van der Waals surface area contributed by atoms with Crippen molar-refractivity contribution in [3.8, 4) is 0 Å². The van der Waals surface area contributed by atoms with Gasteiger partial charge in [-0.25, -0.2) is 0 Å². The van der Waals surface area contributed by atoms with Crippen LogP contribution in [0.5, 0.6) is 0 Å². The Kier molecular flexibility index (Phi) is 5.68. The van der Waals surface area contributed by atoms with E-state index in [2.05, 4.69) is 34.1 Å². The zero-order chi connectivity index (χ0) is 17.9. The molecule has 0 amide bonds. The lowest BCUT2D eigenvalue weighted by Crippen LogP contribution is -2.52. The van der Waals surface area contributed by atoms with E-state index >= 15 is 0 Å². The van der Waals surface area contributed by atoms with Crippen molar-refractivity contribution in [1.29, 1.82) is 0 Å². The lowest BCUT2D eigenvalue weighted by Gasteiger charge is -2.36. The minimum atomic E-state index is -3.33. The highest BCUT2D eigenvalue weighted by atomic mass is 32.2. The first-order valence-corrected chi connectivity index (χ1v) is 10.3. The van der Waals surface area contributed by atoms with Crippen LogP contribution in [0.2, 0.25) is 0 Å². The average Bonchev–Trinajstić information content (AvgIpc) is 2.63. The molecule has 0 N–H and O–H groups in total. The van der Waals surface area contributed by atoms with Crippen molar-refractivity contribution >= 4 is 21.1 Å². The zero-order valence-electron chi connectivity index (χ0n) is 14.9. The molecule has 0 aliphatic carbocycles. The molecule has 0 bridgehead atoms. The second-order valence-corrected chi connectivity index (χ2v) is 8.19. The van der Waals surface area contributed by atoms with E-state index in [4.69, 9.17) is 0 Å². The summed E-state index contributed by atoms with van der Waals surface area (Å²) in [7, 11) is -3.33. The fraction of sp³-hybridized carbons (Fsp3) is 0.500. The topological polar surface area (TPSA) is 56.8 Å². The van der Waals surface area contributed by atoms with Crippen LogP contribution in [0, 0.1) is 0 Å². The number of rotatable bonds is 6. The molecule has 136 valence electrons. The van der Waals surface area contributed by atoms with Crippen LogP contribution in [0.15, 0.2) is 36.5 Å². The summed E-state index contributed by atoms with van der Waals surface area (Å²) >= 11 is 0. The number of pyridine rings is 1. The van der Waals surface area contributed by atoms with Crippen LogP contribution in [-0.4, -0.2) is 66.2 Å². The Labute approximate surface area is 150 Å². The van der Waals surface area contributed by atoms with Crippen LogP contribution >= 0.6 is 0 Å². The highest BCUT2D eigenvalue weighted by Gasteiger charge is 2.30. The van der Waals surface area contributed by atoms with Gasteiger partial charge in [-0.3, -0.25) is 9.88 Å². The first kappa shape index (κ1) is 18.3. The Bertz CT molecular complexity index is 807. The van der Waals surface area contributed by atoms with Gasteiger partial charge in [-0.2, -0.15) is 17.0 Å². The Morgan fingerprint density at radius 3 is 2.40 bits per heavy atom. The Balaban J connectivity index is 1.67. The predicted octanol–water partition coefficient (Wildman–Crippen LogP) is 1.94. The molecule has 0 spiro atoms. The molecular formula is C18H26N4O2S. The maximum atomic E-state index is 12.6. The normalized spacial score (nSPS) is 17.4. The second-order valence-electron chi connectivity index (χ2n) is 6.26. The third kappa shape index (κ3) is 3.84. The summed E-state index contributed by atoms with van der Waals surface area (Å²) in [6.07, 6.45) is 1.82. The summed E-state index contributed by atoms with van der Waals surface area (Å²) in [5.41, 5.74) is 2.22. The maximum Gasteiger partial charge on any atom is 0.282 e. The number of para-hydroxylation sites is 1. The number of hydrogen-bond acceptors (Lipinski definition) is 4. The van der Waals surface area contributed by atoms with Crippen LogP contribution in [0.1, 0.15) is 19.4 Å². The predicted molar refractivity (Wildman–Crippen MR) is 100 cm³/mol. The van der Waals surface area contributed by atoms with Gasteiger partial charge in [0.25, 0.3) is 10.2 Å². The molecule has 3 rings (SSSR count). The van der Waals surface area contributed by atoms with Crippen LogP contribution in [0.3, 0.4) is 0 Å². The summed E-state index contributed by atoms with van der Waals surface area (Å²) in [4.78, 5) is 6.81. The highest BCUT2D eigenvalue weighted by Crippen LogP contribution is 2.19. The molecule has 1 fully saturated rings. The largest absolute Gasteiger partial charge is 0.296 e. The number of piperazine rings is 1. The van der Waals surface area contributed by atoms with Crippen molar-refractivity contribution in [2.24, 2.45) is 0 Å². The van der Waals surface area contributed by atoms with E-state index in [1.807, 2.05) is 26.1 Å². The number of benzene rings is 1. The fourth-order valence-electron chi connectivity index (χ4n) is 3.37. The lowest BCUT2D eigenvalue weighted by atomic mass is 10.1. The fourth-order valence-corrected chi connectivity index (χ4v) is 4.97. The van der Waals surface area contributed by atoms with Gasteiger partial charge in [-0.15, -0.1) is 0 Å². The summed E-state index contributed by atoms with van der Waals surface area (Å²) in [6.45, 7) is 8.14. The van der Waals surface area contributed by atoms with Gasteiger partial charge in [-0.05, 0) is 11.6 Å². The van der Waals surface area contributed by atoms with E-state index in [1.54, 1.807) is 4.31 Å². The van der Waals surface area contributed by atoms with Gasteiger partial charge < -0.3 is 0 Å². The third-order valence-corrected chi connectivity index (χ3v) is 6.99. The van der Waals surface area contributed by atoms with Crippen LogP contribution in [-0.2, 0) is 16.8 Å². The summed E-state index contributed by atoms with van der Waals surface area (Å²) < 4.78 is 28.4. The minimum absolute atomic E-state index is 0.515. The van der Waals surface area contributed by atoms with Crippen LogP contribution in [0.4, 0.5) is 0 Å². The quantitative estimate of drug-likeness (QED) is 0.788. The van der Waals surface area contributed by atoms with Gasteiger partial charge in [-0.1, -0.05) is 38.1 Å². The number of fused-ring (bicyclic) bond motifs is 1. The van der Waals surface area contributed by atoms with Gasteiger partial charge in [0, 0.05) is 57.4 Å². The molecule has 0 unspecified atom stereocenters. The molecule has 1 aromatic carbocycles. The van der Waals surface area contributed by atoms with Gasteiger partial charge in [0.05, 0.1) is 5.52 Å². The molecule has 0 saturated carbocycles. The van der Waals surface area contributed by atoms with Gasteiger partial charge in [0.1, 0.15) is 0 Å². The smallest absolute Gasteiger partial charge is 0.282 e.